The standard InChI is InChI=1S/C31H34Cl3N3O4S/c1-3-27(31(39)35-24-7-4-5-8-24)36(19-22-13-15-23(32)16-14-22)29(38)20-37(28-10-6-9-26(33)30(28)34)42(40,41)25-17-11-21(2)12-18-25/h6,9-18,24,27H,3-5,7-8,19-20H2,1-2H3,(H,35,39). The van der Waals surface area contributed by atoms with E-state index in [-0.39, 0.29) is 39.1 Å². The van der Waals surface area contributed by atoms with Gasteiger partial charge in [-0.25, -0.2) is 8.42 Å². The number of nitrogens with zero attached hydrogens (tertiary/aromatic N) is 2. The van der Waals surface area contributed by atoms with E-state index in [9.17, 15) is 18.0 Å². The Balaban J connectivity index is 1.74. The highest BCUT2D eigenvalue weighted by atomic mass is 35.5. The van der Waals surface area contributed by atoms with Gasteiger partial charge in [-0.15, -0.1) is 0 Å². The molecule has 2 amide bonds. The summed E-state index contributed by atoms with van der Waals surface area (Å²) in [4.78, 5) is 29.2. The number of carbonyl (C=O) groups excluding carboxylic acids is 2. The van der Waals surface area contributed by atoms with Crippen molar-refractivity contribution in [1.82, 2.24) is 10.2 Å². The number of amides is 2. The van der Waals surface area contributed by atoms with Crippen LogP contribution in [-0.2, 0) is 26.2 Å². The van der Waals surface area contributed by atoms with E-state index in [2.05, 4.69) is 5.32 Å². The van der Waals surface area contributed by atoms with Gasteiger partial charge in [-0.3, -0.25) is 13.9 Å². The number of rotatable bonds is 11. The fourth-order valence-corrected chi connectivity index (χ4v) is 7.11. The first-order valence-corrected chi connectivity index (χ1v) is 16.5. The van der Waals surface area contributed by atoms with Crippen molar-refractivity contribution in [3.8, 4) is 0 Å². The quantitative estimate of drug-likeness (QED) is 0.242. The predicted molar refractivity (Wildman–Crippen MR) is 169 cm³/mol. The number of nitrogens with one attached hydrogen (secondary N) is 1. The molecule has 1 aliphatic carbocycles. The van der Waals surface area contributed by atoms with Crippen molar-refractivity contribution in [2.45, 2.75) is 69.5 Å². The fraction of sp³-hybridized carbons (Fsp3) is 0.355. The van der Waals surface area contributed by atoms with Crippen LogP contribution in [0.3, 0.4) is 0 Å². The normalized spacial score (nSPS) is 14.4. The van der Waals surface area contributed by atoms with E-state index < -0.39 is 28.5 Å². The molecule has 1 saturated carbocycles. The molecule has 1 unspecified atom stereocenters. The van der Waals surface area contributed by atoms with Crippen molar-refractivity contribution in [3.63, 3.8) is 0 Å². The molecule has 0 bridgehead atoms. The largest absolute Gasteiger partial charge is 0.352 e. The molecule has 1 aliphatic rings. The second-order valence-corrected chi connectivity index (χ2v) is 13.5. The van der Waals surface area contributed by atoms with Crippen LogP contribution in [0.1, 0.15) is 50.2 Å². The maximum Gasteiger partial charge on any atom is 0.264 e. The number of hydrogen-bond acceptors (Lipinski definition) is 4. The first kappa shape index (κ1) is 32.1. The van der Waals surface area contributed by atoms with Crippen LogP contribution in [0.15, 0.2) is 71.6 Å². The maximum absolute atomic E-state index is 14.2. The summed E-state index contributed by atoms with van der Waals surface area (Å²) >= 11 is 18.9. The summed E-state index contributed by atoms with van der Waals surface area (Å²) < 4.78 is 29.0. The molecule has 1 N–H and O–H groups in total. The molecule has 1 atom stereocenters. The van der Waals surface area contributed by atoms with Crippen LogP contribution in [0.25, 0.3) is 0 Å². The minimum atomic E-state index is -4.26. The third kappa shape index (κ3) is 7.59. The van der Waals surface area contributed by atoms with E-state index in [0.717, 1.165) is 41.1 Å². The number of hydrogen-bond donors (Lipinski definition) is 1. The van der Waals surface area contributed by atoms with Crippen molar-refractivity contribution < 1.29 is 18.0 Å². The predicted octanol–water partition coefficient (Wildman–Crippen LogP) is 7.02. The van der Waals surface area contributed by atoms with Gasteiger partial charge in [0.25, 0.3) is 10.0 Å². The van der Waals surface area contributed by atoms with Crippen LogP contribution in [0.5, 0.6) is 0 Å². The molecule has 7 nitrogen and oxygen atoms in total. The van der Waals surface area contributed by atoms with Crippen LogP contribution in [0.4, 0.5) is 5.69 Å². The molecule has 3 aromatic carbocycles. The summed E-state index contributed by atoms with van der Waals surface area (Å²) in [6.45, 7) is 3.16. The SMILES string of the molecule is CCC(C(=O)NC1CCCC1)N(Cc1ccc(Cl)cc1)C(=O)CN(c1cccc(Cl)c1Cl)S(=O)(=O)c1ccc(C)cc1. The number of halogens is 3. The molecule has 42 heavy (non-hydrogen) atoms. The Labute approximate surface area is 262 Å². The third-order valence-corrected chi connectivity index (χ3v) is 10.3. The van der Waals surface area contributed by atoms with E-state index in [1.165, 1.54) is 23.1 Å². The molecule has 0 heterocycles. The van der Waals surface area contributed by atoms with E-state index >= 15 is 0 Å². The lowest BCUT2D eigenvalue weighted by molar-refractivity contribution is -0.140. The Morgan fingerprint density at radius 1 is 0.952 bits per heavy atom. The minimum Gasteiger partial charge on any atom is -0.352 e. The summed E-state index contributed by atoms with van der Waals surface area (Å²) in [5.74, 6) is -0.828. The van der Waals surface area contributed by atoms with Crippen molar-refractivity contribution in [1.29, 1.82) is 0 Å². The topological polar surface area (TPSA) is 86.8 Å². The molecule has 0 radical (unpaired) electrons. The third-order valence-electron chi connectivity index (χ3n) is 7.44. The molecule has 0 saturated heterocycles. The van der Waals surface area contributed by atoms with Gasteiger partial charge in [0.15, 0.2) is 0 Å². The van der Waals surface area contributed by atoms with Crippen LogP contribution < -0.4 is 9.62 Å². The molecule has 4 rings (SSSR count). The van der Waals surface area contributed by atoms with Gasteiger partial charge in [-0.1, -0.05) is 90.5 Å². The lowest BCUT2D eigenvalue weighted by atomic mass is 10.1. The summed E-state index contributed by atoms with van der Waals surface area (Å²) in [5, 5.41) is 3.78. The van der Waals surface area contributed by atoms with Crippen molar-refractivity contribution in [2.24, 2.45) is 0 Å². The Morgan fingerprint density at radius 3 is 2.21 bits per heavy atom. The monoisotopic (exact) mass is 649 g/mol. The van der Waals surface area contributed by atoms with E-state index in [4.69, 9.17) is 34.8 Å². The number of sulfonamides is 1. The van der Waals surface area contributed by atoms with Gasteiger partial charge < -0.3 is 10.2 Å². The lowest BCUT2D eigenvalue weighted by Gasteiger charge is -2.34. The Bertz CT molecular complexity index is 1510. The summed E-state index contributed by atoms with van der Waals surface area (Å²) in [6.07, 6.45) is 4.20. The summed E-state index contributed by atoms with van der Waals surface area (Å²) in [6, 6.07) is 17.1. The summed E-state index contributed by atoms with van der Waals surface area (Å²) in [7, 11) is -4.26. The highest BCUT2D eigenvalue weighted by Gasteiger charge is 2.35. The Hall–Kier alpha value is -2.78. The molecular formula is C31H34Cl3N3O4S. The Morgan fingerprint density at radius 2 is 1.60 bits per heavy atom. The van der Waals surface area contributed by atoms with E-state index in [1.807, 2.05) is 13.8 Å². The first-order chi connectivity index (χ1) is 20.0. The average Bonchev–Trinajstić information content (AvgIpc) is 3.47. The summed E-state index contributed by atoms with van der Waals surface area (Å²) in [5.41, 5.74) is 1.69. The van der Waals surface area contributed by atoms with Gasteiger partial charge >= 0.3 is 0 Å². The zero-order chi connectivity index (χ0) is 30.4. The smallest absolute Gasteiger partial charge is 0.264 e. The van der Waals surface area contributed by atoms with Gasteiger partial charge in [0.1, 0.15) is 12.6 Å². The van der Waals surface area contributed by atoms with Crippen LogP contribution in [0, 0.1) is 6.92 Å². The van der Waals surface area contributed by atoms with Crippen LogP contribution in [0.2, 0.25) is 15.1 Å². The zero-order valence-corrected chi connectivity index (χ0v) is 26.6. The first-order valence-electron chi connectivity index (χ1n) is 13.9. The maximum atomic E-state index is 14.2. The Kier molecular flexibility index (Phi) is 10.8. The van der Waals surface area contributed by atoms with E-state index in [1.54, 1.807) is 48.5 Å². The number of aryl methyl sites for hydroxylation is 1. The molecule has 0 aromatic heterocycles. The molecular weight excluding hydrogens is 617 g/mol. The molecule has 3 aromatic rings. The van der Waals surface area contributed by atoms with Gasteiger partial charge in [0, 0.05) is 17.6 Å². The van der Waals surface area contributed by atoms with E-state index in [0.29, 0.717) is 11.4 Å². The van der Waals surface area contributed by atoms with Gasteiger partial charge in [0.2, 0.25) is 11.8 Å². The molecule has 224 valence electrons. The molecule has 11 heteroatoms. The highest BCUT2D eigenvalue weighted by molar-refractivity contribution is 7.92. The zero-order valence-electron chi connectivity index (χ0n) is 23.5. The molecule has 1 fully saturated rings. The second kappa shape index (κ2) is 14.1. The lowest BCUT2D eigenvalue weighted by Crippen LogP contribution is -2.53. The van der Waals surface area contributed by atoms with Gasteiger partial charge in [0.05, 0.1) is 20.6 Å². The van der Waals surface area contributed by atoms with Gasteiger partial charge in [-0.2, -0.15) is 0 Å². The number of benzene rings is 3. The molecule has 0 aliphatic heterocycles. The second-order valence-electron chi connectivity index (χ2n) is 10.5. The van der Waals surface area contributed by atoms with Crippen molar-refractivity contribution >= 4 is 62.3 Å². The molecule has 0 spiro atoms. The van der Waals surface area contributed by atoms with Crippen molar-refractivity contribution in [3.05, 3.63) is 92.9 Å². The minimum absolute atomic E-state index is 0.00192. The van der Waals surface area contributed by atoms with Crippen molar-refractivity contribution in [2.75, 3.05) is 10.8 Å². The average molecular weight is 651 g/mol. The van der Waals surface area contributed by atoms with Crippen LogP contribution >= 0.6 is 34.8 Å². The highest BCUT2D eigenvalue weighted by Crippen LogP contribution is 2.35. The van der Waals surface area contributed by atoms with Gasteiger partial charge in [-0.05, 0) is 68.1 Å². The fourth-order valence-electron chi connectivity index (χ4n) is 5.11. The number of carbonyl (C=O) groups is 2. The number of anilines is 1. The van der Waals surface area contributed by atoms with Crippen LogP contribution in [-0.4, -0.2) is 43.8 Å².